The minimum absolute atomic E-state index is 0.0126. The first-order valence-electron chi connectivity index (χ1n) is 13.4. The summed E-state index contributed by atoms with van der Waals surface area (Å²) >= 11 is 0. The van der Waals surface area contributed by atoms with E-state index in [1.165, 1.54) is 32.2 Å². The van der Waals surface area contributed by atoms with Crippen molar-refractivity contribution in [3.8, 4) is 23.0 Å². The van der Waals surface area contributed by atoms with Gasteiger partial charge in [0.2, 0.25) is 6.29 Å². The lowest BCUT2D eigenvalue weighted by Crippen LogP contribution is -2.65. The van der Waals surface area contributed by atoms with E-state index in [0.717, 1.165) is 6.07 Å². The standard InChI is InChI=1S/C28H34O14/c1-11-21(33)22(34)23(35)27(38-11)42-26-24(36)25(37-2)19(10-29)41-28(26)39-14-7-15(31)20-16(32)9-17(40-18(20)8-14)12-3-5-13(30)6-4-12/h3-8,11,17,19,21-31,33-36H,9-10H2,1-2H3/t11-,17-,19+,21-,22+,23+,24-,25+,26+,27-,28+/m0/s1. The number of ketones is 1. The van der Waals surface area contributed by atoms with Gasteiger partial charge in [0.25, 0.3) is 0 Å². The number of carbonyl (C=O) groups is 1. The second-order valence-corrected chi connectivity index (χ2v) is 10.5. The van der Waals surface area contributed by atoms with Crippen LogP contribution in [0.5, 0.6) is 23.0 Å². The molecule has 0 spiro atoms. The van der Waals surface area contributed by atoms with Crippen molar-refractivity contribution < 1.29 is 69.0 Å². The Balaban J connectivity index is 1.42. The van der Waals surface area contributed by atoms with E-state index in [1.807, 2.05) is 0 Å². The smallest absolute Gasteiger partial charge is 0.229 e. The predicted molar refractivity (Wildman–Crippen MR) is 139 cm³/mol. The lowest BCUT2D eigenvalue weighted by atomic mass is 9.95. The second kappa shape index (κ2) is 12.3. The van der Waals surface area contributed by atoms with E-state index in [9.17, 15) is 40.5 Å². The molecule has 11 atom stereocenters. The summed E-state index contributed by atoms with van der Waals surface area (Å²) in [6, 6.07) is 8.63. The highest BCUT2D eigenvalue weighted by Gasteiger charge is 2.51. The third kappa shape index (κ3) is 5.77. The van der Waals surface area contributed by atoms with Crippen molar-refractivity contribution in [2.75, 3.05) is 13.7 Å². The van der Waals surface area contributed by atoms with Crippen molar-refractivity contribution in [1.82, 2.24) is 0 Å². The van der Waals surface area contributed by atoms with E-state index in [-0.39, 0.29) is 35.0 Å². The molecule has 0 radical (unpaired) electrons. The van der Waals surface area contributed by atoms with Crippen LogP contribution < -0.4 is 9.47 Å². The fourth-order valence-corrected chi connectivity index (χ4v) is 5.35. The van der Waals surface area contributed by atoms with E-state index in [4.69, 9.17) is 28.4 Å². The van der Waals surface area contributed by atoms with Gasteiger partial charge in [0, 0.05) is 19.2 Å². The molecule has 2 saturated heterocycles. The molecule has 0 amide bonds. The first-order chi connectivity index (χ1) is 20.0. The average Bonchev–Trinajstić information content (AvgIpc) is 2.96. The molecule has 3 heterocycles. The Morgan fingerprint density at radius 2 is 1.62 bits per heavy atom. The molecule has 14 nitrogen and oxygen atoms in total. The average molecular weight is 595 g/mol. The summed E-state index contributed by atoms with van der Waals surface area (Å²) in [5.41, 5.74) is 0.566. The van der Waals surface area contributed by atoms with Crippen molar-refractivity contribution in [2.24, 2.45) is 0 Å². The van der Waals surface area contributed by atoms with Gasteiger partial charge < -0.3 is 64.2 Å². The third-order valence-corrected chi connectivity index (χ3v) is 7.66. The zero-order chi connectivity index (χ0) is 30.3. The zero-order valence-corrected chi connectivity index (χ0v) is 22.7. The van der Waals surface area contributed by atoms with Crippen LogP contribution in [0.3, 0.4) is 0 Å². The maximum absolute atomic E-state index is 12.9. The van der Waals surface area contributed by atoms with Gasteiger partial charge in [-0.05, 0) is 24.6 Å². The van der Waals surface area contributed by atoms with Gasteiger partial charge in [-0.1, -0.05) is 12.1 Å². The second-order valence-electron chi connectivity index (χ2n) is 10.5. The lowest BCUT2D eigenvalue weighted by molar-refractivity contribution is -0.355. The molecule has 14 heteroatoms. The molecule has 0 aromatic heterocycles. The number of benzene rings is 2. The van der Waals surface area contributed by atoms with Gasteiger partial charge in [0.1, 0.15) is 71.3 Å². The van der Waals surface area contributed by atoms with Gasteiger partial charge in [-0.3, -0.25) is 4.79 Å². The molecule has 2 aromatic rings. The normalized spacial score (nSPS) is 36.6. The number of hydrogen-bond donors (Lipinski definition) is 7. The fraction of sp³-hybridized carbons (Fsp3) is 0.536. The maximum atomic E-state index is 12.9. The van der Waals surface area contributed by atoms with Gasteiger partial charge in [-0.15, -0.1) is 0 Å². The van der Waals surface area contributed by atoms with Crippen molar-refractivity contribution in [1.29, 1.82) is 0 Å². The highest BCUT2D eigenvalue weighted by Crippen LogP contribution is 2.43. The lowest BCUT2D eigenvalue weighted by Gasteiger charge is -2.46. The van der Waals surface area contributed by atoms with E-state index >= 15 is 0 Å². The Kier molecular flexibility index (Phi) is 8.89. The van der Waals surface area contributed by atoms with Gasteiger partial charge >= 0.3 is 0 Å². The molecule has 0 unspecified atom stereocenters. The Morgan fingerprint density at radius 1 is 0.905 bits per heavy atom. The van der Waals surface area contributed by atoms with Crippen molar-refractivity contribution in [2.45, 2.75) is 80.9 Å². The van der Waals surface area contributed by atoms with Crippen LogP contribution in [-0.2, 0) is 18.9 Å². The van der Waals surface area contributed by atoms with Gasteiger partial charge in [-0.2, -0.15) is 0 Å². The quantitative estimate of drug-likeness (QED) is 0.215. The predicted octanol–water partition coefficient (Wildman–Crippen LogP) is -0.511. The number of carbonyl (C=O) groups excluding carboxylic acids is 1. The van der Waals surface area contributed by atoms with E-state index < -0.39 is 79.9 Å². The van der Waals surface area contributed by atoms with Crippen LogP contribution in [0.1, 0.15) is 35.4 Å². The van der Waals surface area contributed by atoms with Crippen LogP contribution >= 0.6 is 0 Å². The largest absolute Gasteiger partial charge is 0.508 e. The number of phenols is 2. The molecule has 3 aliphatic heterocycles. The van der Waals surface area contributed by atoms with E-state index in [2.05, 4.69) is 0 Å². The minimum Gasteiger partial charge on any atom is -0.508 e. The van der Waals surface area contributed by atoms with Gasteiger partial charge in [0.05, 0.1) is 19.1 Å². The monoisotopic (exact) mass is 594 g/mol. The summed E-state index contributed by atoms with van der Waals surface area (Å²) in [5, 5.41) is 72.0. The first kappa shape index (κ1) is 30.4. The van der Waals surface area contributed by atoms with E-state index in [1.54, 1.807) is 12.1 Å². The first-order valence-corrected chi connectivity index (χ1v) is 13.4. The third-order valence-electron chi connectivity index (χ3n) is 7.66. The topological polar surface area (TPSA) is 214 Å². The summed E-state index contributed by atoms with van der Waals surface area (Å²) in [6.45, 7) is 0.883. The summed E-state index contributed by atoms with van der Waals surface area (Å²) in [5.74, 6) is -0.818. The molecule has 0 bridgehead atoms. The molecule has 230 valence electrons. The van der Waals surface area contributed by atoms with Crippen molar-refractivity contribution >= 4 is 5.78 Å². The number of fused-ring (bicyclic) bond motifs is 1. The Labute approximate surface area is 240 Å². The number of aliphatic hydroxyl groups excluding tert-OH is 5. The molecule has 0 aliphatic carbocycles. The van der Waals surface area contributed by atoms with Crippen LogP contribution in [0.2, 0.25) is 0 Å². The number of hydrogen-bond acceptors (Lipinski definition) is 14. The SMILES string of the molecule is CO[C@H]1[C@H](O)[C@@H](O[C@@H]2O[C@@H](C)[C@H](O)[C@@H](O)[C@H]2O)[C@H](Oc2cc(O)c3c(c2)O[C@H](c2ccc(O)cc2)CC3=O)O[C@@H]1CO. The minimum atomic E-state index is -1.70. The molecular weight excluding hydrogens is 560 g/mol. The number of aliphatic hydroxyl groups is 5. The van der Waals surface area contributed by atoms with Gasteiger partial charge in [0.15, 0.2) is 18.2 Å². The summed E-state index contributed by atoms with van der Waals surface area (Å²) in [4.78, 5) is 12.9. The number of ether oxygens (including phenoxy) is 6. The van der Waals surface area contributed by atoms with Crippen molar-refractivity contribution in [3.05, 3.63) is 47.5 Å². The Bertz CT molecular complexity index is 1250. The number of Topliss-reactive ketones (excluding diaryl/α,β-unsaturated/α-hetero) is 1. The van der Waals surface area contributed by atoms with Gasteiger partial charge in [-0.25, -0.2) is 0 Å². The van der Waals surface area contributed by atoms with Crippen LogP contribution in [0.4, 0.5) is 0 Å². The molecule has 2 aromatic carbocycles. The zero-order valence-electron chi connectivity index (χ0n) is 22.7. The maximum Gasteiger partial charge on any atom is 0.229 e. The number of aromatic hydroxyl groups is 2. The molecule has 7 N–H and O–H groups in total. The van der Waals surface area contributed by atoms with Crippen LogP contribution in [0, 0.1) is 0 Å². The molecule has 42 heavy (non-hydrogen) atoms. The number of methoxy groups -OCH3 is 1. The van der Waals surface area contributed by atoms with Crippen LogP contribution in [0.15, 0.2) is 36.4 Å². The highest BCUT2D eigenvalue weighted by atomic mass is 16.8. The Hall–Kier alpha value is -3.05. The number of rotatable bonds is 7. The Morgan fingerprint density at radius 3 is 2.29 bits per heavy atom. The summed E-state index contributed by atoms with van der Waals surface area (Å²) < 4.78 is 34.4. The summed E-state index contributed by atoms with van der Waals surface area (Å²) in [6.07, 6.45) is -14.6. The molecule has 0 saturated carbocycles. The van der Waals surface area contributed by atoms with Crippen LogP contribution in [-0.4, -0.2) is 117 Å². The van der Waals surface area contributed by atoms with E-state index in [0.29, 0.717) is 5.56 Å². The summed E-state index contributed by atoms with van der Waals surface area (Å²) in [7, 11) is 1.28. The molecule has 2 fully saturated rings. The molecular formula is C28H34O14. The highest BCUT2D eigenvalue weighted by molar-refractivity contribution is 6.02. The van der Waals surface area contributed by atoms with Crippen molar-refractivity contribution in [3.63, 3.8) is 0 Å². The molecule has 5 rings (SSSR count). The fourth-order valence-electron chi connectivity index (χ4n) is 5.35. The molecule has 3 aliphatic rings. The number of phenolic OH excluding ortho intramolecular Hbond substituents is 2. The van der Waals surface area contributed by atoms with Crippen LogP contribution in [0.25, 0.3) is 0 Å².